The molecular formula is C18H22O6. The Morgan fingerprint density at radius 2 is 1.67 bits per heavy atom. The Kier molecular flexibility index (Phi) is 6.70. The second-order valence-corrected chi connectivity index (χ2v) is 6.05. The van der Waals surface area contributed by atoms with Crippen molar-refractivity contribution in [1.82, 2.24) is 0 Å². The van der Waals surface area contributed by atoms with Gasteiger partial charge in [-0.25, -0.2) is 9.59 Å². The van der Waals surface area contributed by atoms with Crippen LogP contribution in [-0.4, -0.2) is 30.6 Å². The second-order valence-electron chi connectivity index (χ2n) is 6.05. The summed E-state index contributed by atoms with van der Waals surface area (Å²) in [7, 11) is 1.22. The van der Waals surface area contributed by atoms with Gasteiger partial charge in [0.2, 0.25) is 6.10 Å². The van der Waals surface area contributed by atoms with Crippen LogP contribution in [0, 0.1) is 0 Å². The van der Waals surface area contributed by atoms with Crippen LogP contribution < -0.4 is 0 Å². The highest BCUT2D eigenvalue weighted by Crippen LogP contribution is 2.20. The van der Waals surface area contributed by atoms with E-state index in [1.807, 2.05) is 0 Å². The highest BCUT2D eigenvalue weighted by molar-refractivity contribution is 5.87. The molecule has 0 fully saturated rings. The minimum atomic E-state index is -1.11. The lowest BCUT2D eigenvalue weighted by Crippen LogP contribution is -2.22. The Hall–Kier alpha value is -2.63. The maximum Gasteiger partial charge on any atom is 0.351 e. The van der Waals surface area contributed by atoms with E-state index in [9.17, 15) is 14.4 Å². The average molecular weight is 334 g/mol. The molecule has 0 bridgehead atoms. The first-order valence-electron chi connectivity index (χ1n) is 7.38. The zero-order chi connectivity index (χ0) is 18.3. The van der Waals surface area contributed by atoms with Crippen molar-refractivity contribution in [3.05, 3.63) is 41.5 Å². The molecule has 130 valence electrons. The molecule has 0 aromatic heterocycles. The minimum absolute atomic E-state index is 0.445. The van der Waals surface area contributed by atoms with E-state index in [1.54, 1.807) is 51.1 Å². The summed E-state index contributed by atoms with van der Waals surface area (Å²) in [6.07, 6.45) is 1.80. The van der Waals surface area contributed by atoms with Crippen LogP contribution >= 0.6 is 0 Å². The third-order valence-corrected chi connectivity index (χ3v) is 2.76. The number of carbonyl (C=O) groups excluding carboxylic acids is 3. The molecule has 0 spiro atoms. The number of hydrogen-bond acceptors (Lipinski definition) is 6. The summed E-state index contributed by atoms with van der Waals surface area (Å²) in [4.78, 5) is 34.4. The molecule has 1 rings (SSSR count). The lowest BCUT2D eigenvalue weighted by atomic mass is 10.1. The van der Waals surface area contributed by atoms with Crippen molar-refractivity contribution in [2.75, 3.05) is 7.11 Å². The molecule has 1 aromatic carbocycles. The van der Waals surface area contributed by atoms with E-state index in [-0.39, 0.29) is 0 Å². The molecular weight excluding hydrogens is 312 g/mol. The van der Waals surface area contributed by atoms with Gasteiger partial charge in [0, 0.05) is 18.6 Å². The molecule has 6 nitrogen and oxygen atoms in total. The monoisotopic (exact) mass is 334 g/mol. The van der Waals surface area contributed by atoms with Crippen molar-refractivity contribution in [3.63, 3.8) is 0 Å². The van der Waals surface area contributed by atoms with Gasteiger partial charge in [-0.05, 0) is 32.4 Å². The first-order chi connectivity index (χ1) is 11.1. The van der Waals surface area contributed by atoms with Crippen molar-refractivity contribution >= 4 is 24.0 Å². The standard InChI is InChI=1S/C18H22O6/c1-12(19)23-16(17(21)22-5)14-9-6-13(7-10-14)8-11-15(20)24-18(2,3)4/h6-11,16H,1-5H3/b11-8+. The van der Waals surface area contributed by atoms with Crippen molar-refractivity contribution < 1.29 is 28.6 Å². The van der Waals surface area contributed by atoms with Crippen LogP contribution in [-0.2, 0) is 28.6 Å². The summed E-state index contributed by atoms with van der Waals surface area (Å²) in [5.74, 6) is -1.69. The predicted molar refractivity (Wildman–Crippen MR) is 87.8 cm³/mol. The van der Waals surface area contributed by atoms with Gasteiger partial charge in [0.25, 0.3) is 0 Å². The Morgan fingerprint density at radius 1 is 1.08 bits per heavy atom. The number of benzene rings is 1. The van der Waals surface area contributed by atoms with Crippen molar-refractivity contribution in [1.29, 1.82) is 0 Å². The maximum absolute atomic E-state index is 11.7. The summed E-state index contributed by atoms with van der Waals surface area (Å²) < 4.78 is 14.8. The van der Waals surface area contributed by atoms with E-state index < -0.39 is 29.6 Å². The summed E-state index contributed by atoms with van der Waals surface area (Å²) in [6, 6.07) is 6.63. The van der Waals surface area contributed by atoms with Crippen molar-refractivity contribution in [3.8, 4) is 0 Å². The third kappa shape index (κ3) is 6.64. The first-order valence-corrected chi connectivity index (χ1v) is 7.38. The van der Waals surface area contributed by atoms with Crippen LogP contribution in [0.2, 0.25) is 0 Å². The third-order valence-electron chi connectivity index (χ3n) is 2.76. The Morgan fingerprint density at radius 3 is 2.12 bits per heavy atom. The van der Waals surface area contributed by atoms with Crippen LogP contribution in [0.4, 0.5) is 0 Å². The summed E-state index contributed by atoms with van der Waals surface area (Å²) in [5, 5.41) is 0. The van der Waals surface area contributed by atoms with Gasteiger partial charge in [-0.2, -0.15) is 0 Å². The SMILES string of the molecule is COC(=O)C(OC(C)=O)c1ccc(/C=C/C(=O)OC(C)(C)C)cc1. The fourth-order valence-corrected chi connectivity index (χ4v) is 1.81. The van der Waals surface area contributed by atoms with Gasteiger partial charge in [0.15, 0.2) is 0 Å². The van der Waals surface area contributed by atoms with Gasteiger partial charge < -0.3 is 14.2 Å². The number of ether oxygens (including phenoxy) is 3. The fourth-order valence-electron chi connectivity index (χ4n) is 1.81. The molecule has 24 heavy (non-hydrogen) atoms. The Balaban J connectivity index is 2.85. The highest BCUT2D eigenvalue weighted by atomic mass is 16.6. The zero-order valence-electron chi connectivity index (χ0n) is 14.5. The number of rotatable bonds is 5. The van der Waals surface area contributed by atoms with E-state index in [1.165, 1.54) is 20.1 Å². The predicted octanol–water partition coefficient (Wildman–Crippen LogP) is 2.82. The molecule has 0 amide bonds. The molecule has 0 saturated carbocycles. The fraction of sp³-hybridized carbons (Fsp3) is 0.389. The van der Waals surface area contributed by atoms with Crippen LogP contribution in [0.1, 0.15) is 44.9 Å². The molecule has 0 N–H and O–H groups in total. The van der Waals surface area contributed by atoms with Crippen LogP contribution in [0.5, 0.6) is 0 Å². The van der Waals surface area contributed by atoms with Crippen molar-refractivity contribution in [2.45, 2.75) is 39.4 Å². The number of carbonyl (C=O) groups is 3. The smallest absolute Gasteiger partial charge is 0.351 e. The van der Waals surface area contributed by atoms with Gasteiger partial charge in [-0.1, -0.05) is 24.3 Å². The molecule has 6 heteroatoms. The van der Waals surface area contributed by atoms with E-state index in [0.717, 1.165) is 5.56 Å². The van der Waals surface area contributed by atoms with Crippen molar-refractivity contribution in [2.24, 2.45) is 0 Å². The molecule has 0 radical (unpaired) electrons. The maximum atomic E-state index is 11.7. The van der Waals surface area contributed by atoms with E-state index >= 15 is 0 Å². The molecule has 0 aliphatic rings. The number of esters is 3. The quantitative estimate of drug-likeness (QED) is 0.468. The van der Waals surface area contributed by atoms with Crippen LogP contribution in [0.15, 0.2) is 30.3 Å². The van der Waals surface area contributed by atoms with Crippen LogP contribution in [0.25, 0.3) is 6.08 Å². The molecule has 1 aromatic rings. The summed E-state index contributed by atoms with van der Waals surface area (Å²) >= 11 is 0. The lowest BCUT2D eigenvalue weighted by Gasteiger charge is -2.17. The molecule has 1 atom stereocenters. The first kappa shape index (κ1) is 19.4. The summed E-state index contributed by atoms with van der Waals surface area (Å²) in [6.45, 7) is 6.58. The second kappa shape index (κ2) is 8.29. The summed E-state index contributed by atoms with van der Waals surface area (Å²) in [5.41, 5.74) is 0.658. The van der Waals surface area contributed by atoms with Gasteiger partial charge in [-0.15, -0.1) is 0 Å². The normalized spacial score (nSPS) is 12.5. The molecule has 0 saturated heterocycles. The Bertz CT molecular complexity index is 622. The van der Waals surface area contributed by atoms with E-state index in [0.29, 0.717) is 5.56 Å². The van der Waals surface area contributed by atoms with Gasteiger partial charge in [0.05, 0.1) is 7.11 Å². The average Bonchev–Trinajstić information content (AvgIpc) is 2.48. The molecule has 0 aliphatic carbocycles. The van der Waals surface area contributed by atoms with E-state index in [4.69, 9.17) is 9.47 Å². The molecule has 0 heterocycles. The Labute approximate surface area is 141 Å². The number of methoxy groups -OCH3 is 1. The highest BCUT2D eigenvalue weighted by Gasteiger charge is 2.24. The topological polar surface area (TPSA) is 78.9 Å². The van der Waals surface area contributed by atoms with Gasteiger partial charge in [-0.3, -0.25) is 4.79 Å². The lowest BCUT2D eigenvalue weighted by molar-refractivity contribution is -0.165. The van der Waals surface area contributed by atoms with E-state index in [2.05, 4.69) is 4.74 Å². The molecule has 1 unspecified atom stereocenters. The number of hydrogen-bond donors (Lipinski definition) is 0. The van der Waals surface area contributed by atoms with Crippen LogP contribution in [0.3, 0.4) is 0 Å². The minimum Gasteiger partial charge on any atom is -0.466 e. The molecule has 0 aliphatic heterocycles. The largest absolute Gasteiger partial charge is 0.466 e. The van der Waals surface area contributed by atoms with Gasteiger partial charge >= 0.3 is 17.9 Å². The zero-order valence-corrected chi connectivity index (χ0v) is 14.5. The van der Waals surface area contributed by atoms with Gasteiger partial charge in [0.1, 0.15) is 5.60 Å².